The average Bonchev–Trinajstić information content (AvgIpc) is 3.23. The summed E-state index contributed by atoms with van der Waals surface area (Å²) in [6.07, 6.45) is 5.64. The van der Waals surface area contributed by atoms with Crippen molar-refractivity contribution >= 4 is 27.3 Å². The Morgan fingerprint density at radius 3 is 3.07 bits per heavy atom. The third-order valence-electron chi connectivity index (χ3n) is 5.30. The largest absolute Gasteiger partial charge is 0.350 e. The van der Waals surface area contributed by atoms with Gasteiger partial charge in [-0.3, -0.25) is 9.78 Å². The normalized spacial score (nSPS) is 20.5. The van der Waals surface area contributed by atoms with Gasteiger partial charge in [0.25, 0.3) is 5.91 Å². The highest BCUT2D eigenvalue weighted by atomic mass is 32.2. The molecular formula is C19H24N4O3S2. The maximum absolute atomic E-state index is 13.2. The van der Waals surface area contributed by atoms with E-state index in [-0.39, 0.29) is 28.3 Å². The van der Waals surface area contributed by atoms with Crippen LogP contribution in [-0.2, 0) is 23.0 Å². The van der Waals surface area contributed by atoms with Gasteiger partial charge >= 0.3 is 0 Å². The molecule has 2 aliphatic heterocycles. The van der Waals surface area contributed by atoms with Crippen LogP contribution < -0.4 is 10.6 Å². The molecule has 4 heterocycles. The Morgan fingerprint density at radius 1 is 1.36 bits per heavy atom. The Labute approximate surface area is 169 Å². The quantitative estimate of drug-likeness (QED) is 0.769. The minimum atomic E-state index is -3.74. The van der Waals surface area contributed by atoms with Crippen LogP contribution in [0.4, 0.5) is 0 Å². The van der Waals surface area contributed by atoms with Gasteiger partial charge in [-0.15, -0.1) is 11.3 Å². The van der Waals surface area contributed by atoms with Gasteiger partial charge in [-0.25, -0.2) is 8.42 Å². The van der Waals surface area contributed by atoms with Crippen molar-refractivity contribution in [1.82, 2.24) is 19.9 Å². The number of rotatable bonds is 5. The first-order chi connectivity index (χ1) is 13.6. The van der Waals surface area contributed by atoms with Gasteiger partial charge in [-0.2, -0.15) is 4.31 Å². The molecule has 1 fully saturated rings. The molecule has 150 valence electrons. The van der Waals surface area contributed by atoms with Crippen LogP contribution >= 0.6 is 11.3 Å². The zero-order chi connectivity index (χ0) is 19.6. The minimum Gasteiger partial charge on any atom is -0.350 e. The van der Waals surface area contributed by atoms with Crippen molar-refractivity contribution in [1.29, 1.82) is 0 Å². The molecule has 1 amide bonds. The summed E-state index contributed by atoms with van der Waals surface area (Å²) in [6.45, 7) is 2.13. The van der Waals surface area contributed by atoms with Crippen LogP contribution in [0.5, 0.6) is 0 Å². The van der Waals surface area contributed by atoms with Crippen LogP contribution in [0.15, 0.2) is 34.7 Å². The lowest BCUT2D eigenvalue weighted by molar-refractivity contribution is 0.0948. The van der Waals surface area contributed by atoms with Crippen LogP contribution in [0.3, 0.4) is 0 Å². The first-order valence-corrected chi connectivity index (χ1v) is 11.9. The van der Waals surface area contributed by atoms with Gasteiger partial charge in [0.05, 0.1) is 0 Å². The molecule has 4 rings (SSSR count). The Bertz CT molecular complexity index is 952. The lowest BCUT2D eigenvalue weighted by atomic mass is 10.1. The number of carbonyl (C=O) groups is 1. The fourth-order valence-corrected chi connectivity index (χ4v) is 6.48. The molecule has 0 saturated carbocycles. The zero-order valence-corrected chi connectivity index (χ0v) is 17.2. The number of hydrogen-bond donors (Lipinski definition) is 2. The number of aromatic nitrogens is 1. The third kappa shape index (κ3) is 3.98. The van der Waals surface area contributed by atoms with E-state index in [0.29, 0.717) is 19.5 Å². The number of hydrogen-bond acceptors (Lipinski definition) is 6. The molecule has 1 atom stereocenters. The Kier molecular flexibility index (Phi) is 5.77. The molecular weight excluding hydrogens is 396 g/mol. The van der Waals surface area contributed by atoms with Gasteiger partial charge in [0.15, 0.2) is 0 Å². The number of nitrogens with zero attached hydrogens (tertiary/aromatic N) is 2. The lowest BCUT2D eigenvalue weighted by Crippen LogP contribution is -2.43. The van der Waals surface area contributed by atoms with Crippen molar-refractivity contribution in [2.24, 2.45) is 0 Å². The van der Waals surface area contributed by atoms with E-state index in [1.807, 2.05) is 12.1 Å². The highest BCUT2D eigenvalue weighted by molar-refractivity contribution is 7.89. The van der Waals surface area contributed by atoms with Crippen LogP contribution in [-0.4, -0.2) is 49.3 Å². The van der Waals surface area contributed by atoms with E-state index in [9.17, 15) is 13.2 Å². The third-order valence-corrected chi connectivity index (χ3v) is 8.23. The monoisotopic (exact) mass is 420 g/mol. The van der Waals surface area contributed by atoms with E-state index in [0.717, 1.165) is 37.1 Å². The number of nitrogens with one attached hydrogen (secondary N) is 2. The number of thiophene rings is 1. The van der Waals surface area contributed by atoms with E-state index in [2.05, 4.69) is 15.6 Å². The fourth-order valence-electron chi connectivity index (χ4n) is 3.74. The molecule has 1 saturated heterocycles. The van der Waals surface area contributed by atoms with Gasteiger partial charge in [-0.1, -0.05) is 12.5 Å². The second kappa shape index (κ2) is 8.28. The summed E-state index contributed by atoms with van der Waals surface area (Å²) < 4.78 is 27.9. The van der Waals surface area contributed by atoms with Crippen molar-refractivity contribution in [3.63, 3.8) is 0 Å². The molecule has 2 N–H and O–H groups in total. The first-order valence-electron chi connectivity index (χ1n) is 9.57. The second-order valence-electron chi connectivity index (χ2n) is 7.17. The maximum atomic E-state index is 13.2. The zero-order valence-electron chi connectivity index (χ0n) is 15.6. The lowest BCUT2D eigenvalue weighted by Gasteiger charge is -2.27. The van der Waals surface area contributed by atoms with E-state index in [1.165, 1.54) is 21.7 Å². The van der Waals surface area contributed by atoms with Crippen LogP contribution in [0.2, 0.25) is 0 Å². The van der Waals surface area contributed by atoms with E-state index in [1.54, 1.807) is 11.6 Å². The summed E-state index contributed by atoms with van der Waals surface area (Å²) in [7, 11) is -3.74. The summed E-state index contributed by atoms with van der Waals surface area (Å²) in [4.78, 5) is 17.4. The Hall–Kier alpha value is -1.81. The number of amides is 1. The van der Waals surface area contributed by atoms with Crippen molar-refractivity contribution in [2.45, 2.75) is 43.2 Å². The van der Waals surface area contributed by atoms with E-state index < -0.39 is 10.0 Å². The van der Waals surface area contributed by atoms with Gasteiger partial charge in [0.2, 0.25) is 10.0 Å². The van der Waals surface area contributed by atoms with Crippen molar-refractivity contribution in [3.05, 3.63) is 45.9 Å². The average molecular weight is 421 g/mol. The number of carbonyl (C=O) groups excluding carboxylic acids is 1. The number of fused-ring (bicyclic) bond motifs is 1. The molecule has 0 spiro atoms. The maximum Gasteiger partial charge on any atom is 0.262 e. The number of pyridine rings is 1. The standard InChI is InChI=1S/C19H24N4O3S2/c24-19(22-12-15-5-1-2-8-20-15)18-17(7-11-27-18)28(25,26)23-10-6-16-14(13-23)4-3-9-21-16/h3-4,7,9,11,15,20H,1-2,5-6,8,10,12-13H2,(H,22,24)/t15-/m1/s1. The van der Waals surface area contributed by atoms with E-state index in [4.69, 9.17) is 0 Å². The van der Waals surface area contributed by atoms with Gasteiger partial charge < -0.3 is 10.6 Å². The Morgan fingerprint density at radius 2 is 2.25 bits per heavy atom. The molecule has 0 radical (unpaired) electrons. The van der Waals surface area contributed by atoms with Gasteiger partial charge in [-0.05, 0) is 42.5 Å². The van der Waals surface area contributed by atoms with Crippen LogP contribution in [0, 0.1) is 0 Å². The predicted octanol–water partition coefficient (Wildman–Crippen LogP) is 1.76. The topological polar surface area (TPSA) is 91.4 Å². The molecule has 2 aromatic rings. The Balaban J connectivity index is 1.49. The van der Waals surface area contributed by atoms with Crippen molar-refractivity contribution < 1.29 is 13.2 Å². The molecule has 2 aliphatic rings. The van der Waals surface area contributed by atoms with Crippen LogP contribution in [0.25, 0.3) is 0 Å². The molecule has 0 bridgehead atoms. The van der Waals surface area contributed by atoms with Crippen LogP contribution in [0.1, 0.15) is 40.2 Å². The molecule has 7 nitrogen and oxygen atoms in total. The molecule has 2 aromatic heterocycles. The SMILES string of the molecule is O=C(NC[C@H]1CCCCN1)c1sccc1S(=O)(=O)N1CCc2ncccc2C1. The smallest absolute Gasteiger partial charge is 0.262 e. The molecule has 0 aromatic carbocycles. The van der Waals surface area contributed by atoms with E-state index >= 15 is 0 Å². The second-order valence-corrected chi connectivity index (χ2v) is 9.99. The first kappa shape index (κ1) is 19.5. The van der Waals surface area contributed by atoms with Crippen molar-refractivity contribution in [3.8, 4) is 0 Å². The highest BCUT2D eigenvalue weighted by Crippen LogP contribution is 2.28. The fraction of sp³-hybridized carbons (Fsp3) is 0.474. The molecule has 28 heavy (non-hydrogen) atoms. The van der Waals surface area contributed by atoms with Crippen molar-refractivity contribution in [2.75, 3.05) is 19.6 Å². The molecule has 9 heteroatoms. The number of piperidine rings is 1. The summed E-state index contributed by atoms with van der Waals surface area (Å²) in [5.74, 6) is -0.319. The molecule has 0 unspecified atom stereocenters. The summed E-state index contributed by atoms with van der Waals surface area (Å²) in [6, 6.07) is 5.51. The highest BCUT2D eigenvalue weighted by Gasteiger charge is 2.32. The predicted molar refractivity (Wildman–Crippen MR) is 108 cm³/mol. The summed E-state index contributed by atoms with van der Waals surface area (Å²) in [5, 5.41) is 7.95. The number of sulfonamides is 1. The van der Waals surface area contributed by atoms with Gasteiger partial charge in [0, 0.05) is 44.0 Å². The summed E-state index contributed by atoms with van der Waals surface area (Å²) in [5.41, 5.74) is 1.86. The summed E-state index contributed by atoms with van der Waals surface area (Å²) >= 11 is 1.17. The minimum absolute atomic E-state index is 0.0962. The molecule has 0 aliphatic carbocycles. The van der Waals surface area contributed by atoms with Gasteiger partial charge in [0.1, 0.15) is 9.77 Å².